The minimum Gasteiger partial charge on any atom is -0.0792 e. The van der Waals surface area contributed by atoms with Crippen LogP contribution in [0.2, 0.25) is 0 Å². The fourth-order valence-corrected chi connectivity index (χ4v) is 2.37. The Hall–Kier alpha value is -1.82. The highest BCUT2D eigenvalue weighted by Gasteiger charge is 2.09. The van der Waals surface area contributed by atoms with Crippen molar-refractivity contribution < 1.29 is 0 Å². The van der Waals surface area contributed by atoms with Gasteiger partial charge in [0.15, 0.2) is 0 Å². The number of hydrogen-bond donors (Lipinski definition) is 0. The number of benzene rings is 2. The van der Waals surface area contributed by atoms with Crippen LogP contribution in [-0.4, -0.2) is 0 Å². The van der Waals surface area contributed by atoms with Crippen LogP contribution in [0.5, 0.6) is 0 Å². The van der Waals surface area contributed by atoms with Crippen LogP contribution in [0.1, 0.15) is 34.7 Å². The Morgan fingerprint density at radius 3 is 2.06 bits per heavy atom. The first-order chi connectivity index (χ1) is 8.65. The Balaban J connectivity index is 2.61. The average molecular weight is 236 g/mol. The zero-order chi connectivity index (χ0) is 13.1. The van der Waals surface area contributed by atoms with Gasteiger partial charge in [-0.15, -0.1) is 0 Å². The Morgan fingerprint density at radius 1 is 0.778 bits per heavy atom. The van der Waals surface area contributed by atoms with Gasteiger partial charge in [-0.3, -0.25) is 0 Å². The third-order valence-corrected chi connectivity index (χ3v) is 3.62. The van der Waals surface area contributed by atoms with E-state index in [0.29, 0.717) is 0 Å². The number of hydrogen-bond acceptors (Lipinski definition) is 0. The molecule has 0 nitrogen and oxygen atoms in total. The van der Waals surface area contributed by atoms with E-state index in [9.17, 15) is 0 Å². The molecule has 2 aromatic carbocycles. The molecule has 0 radical (unpaired) electrons. The fourth-order valence-electron chi connectivity index (χ4n) is 2.37. The topological polar surface area (TPSA) is 0 Å². The molecule has 2 aromatic rings. The largest absolute Gasteiger partial charge is 0.0792 e. The number of rotatable bonds is 2. The quantitative estimate of drug-likeness (QED) is 0.683. The van der Waals surface area contributed by atoms with Crippen molar-refractivity contribution in [1.82, 2.24) is 0 Å². The van der Waals surface area contributed by atoms with Gasteiger partial charge in [-0.05, 0) is 61.1 Å². The van der Waals surface area contributed by atoms with Crippen molar-refractivity contribution in [3.63, 3.8) is 0 Å². The van der Waals surface area contributed by atoms with E-state index in [2.05, 4.69) is 76.2 Å². The Labute approximate surface area is 110 Å². The maximum atomic E-state index is 2.21. The van der Waals surface area contributed by atoms with Gasteiger partial charge in [0.05, 0.1) is 0 Å². The standard InChI is InChI=1S/C18H20/c1-5-16(17-11-7-6-9-14(17)3)18-12-8-10-13(2)15(18)4/h5-12H,1-4H3/b16-5+. The summed E-state index contributed by atoms with van der Waals surface area (Å²) < 4.78 is 0. The van der Waals surface area contributed by atoms with Crippen molar-refractivity contribution in [1.29, 1.82) is 0 Å². The highest BCUT2D eigenvalue weighted by atomic mass is 14.1. The molecule has 0 aromatic heterocycles. The van der Waals surface area contributed by atoms with Crippen LogP contribution < -0.4 is 0 Å². The third kappa shape index (κ3) is 2.24. The first-order valence-electron chi connectivity index (χ1n) is 6.44. The zero-order valence-corrected chi connectivity index (χ0v) is 11.6. The molecule has 0 saturated carbocycles. The fraction of sp³-hybridized carbons (Fsp3) is 0.222. The van der Waals surface area contributed by atoms with E-state index in [-0.39, 0.29) is 0 Å². The SMILES string of the molecule is C/C=C(\c1ccccc1C)c1cccc(C)c1C. The van der Waals surface area contributed by atoms with Crippen LogP contribution in [0.3, 0.4) is 0 Å². The van der Waals surface area contributed by atoms with Crippen molar-refractivity contribution in [2.45, 2.75) is 27.7 Å². The lowest BCUT2D eigenvalue weighted by Crippen LogP contribution is -1.95. The van der Waals surface area contributed by atoms with Crippen LogP contribution in [0, 0.1) is 20.8 Å². The minimum absolute atomic E-state index is 1.33. The second-order valence-corrected chi connectivity index (χ2v) is 4.76. The highest BCUT2D eigenvalue weighted by Crippen LogP contribution is 2.29. The molecule has 0 saturated heterocycles. The zero-order valence-electron chi connectivity index (χ0n) is 11.6. The predicted octanol–water partition coefficient (Wildman–Crippen LogP) is 5.06. The van der Waals surface area contributed by atoms with E-state index in [0.717, 1.165) is 0 Å². The van der Waals surface area contributed by atoms with E-state index < -0.39 is 0 Å². The summed E-state index contributed by atoms with van der Waals surface area (Å²) in [5.74, 6) is 0. The Bertz CT molecular complexity index is 589. The lowest BCUT2D eigenvalue weighted by molar-refractivity contribution is 1.30. The van der Waals surface area contributed by atoms with E-state index >= 15 is 0 Å². The van der Waals surface area contributed by atoms with Gasteiger partial charge < -0.3 is 0 Å². The molecule has 18 heavy (non-hydrogen) atoms. The summed E-state index contributed by atoms with van der Waals surface area (Å²) in [7, 11) is 0. The average Bonchev–Trinajstić information content (AvgIpc) is 2.37. The van der Waals surface area contributed by atoms with Crippen molar-refractivity contribution in [2.24, 2.45) is 0 Å². The lowest BCUT2D eigenvalue weighted by Gasteiger charge is -2.14. The second-order valence-electron chi connectivity index (χ2n) is 4.76. The molecule has 0 unspecified atom stereocenters. The van der Waals surface area contributed by atoms with Gasteiger partial charge in [0, 0.05) is 0 Å². The molecular formula is C18H20. The van der Waals surface area contributed by atoms with Gasteiger partial charge >= 0.3 is 0 Å². The summed E-state index contributed by atoms with van der Waals surface area (Å²) in [6.07, 6.45) is 2.21. The normalized spacial score (nSPS) is 11.7. The number of aryl methyl sites for hydroxylation is 2. The van der Waals surface area contributed by atoms with Crippen molar-refractivity contribution in [3.05, 3.63) is 76.4 Å². The molecule has 0 amide bonds. The Morgan fingerprint density at radius 2 is 1.39 bits per heavy atom. The van der Waals surface area contributed by atoms with Crippen LogP contribution in [0.15, 0.2) is 48.5 Å². The van der Waals surface area contributed by atoms with Crippen molar-refractivity contribution in [2.75, 3.05) is 0 Å². The first-order valence-corrected chi connectivity index (χ1v) is 6.44. The van der Waals surface area contributed by atoms with Crippen LogP contribution in [0.25, 0.3) is 5.57 Å². The van der Waals surface area contributed by atoms with E-state index in [4.69, 9.17) is 0 Å². The van der Waals surface area contributed by atoms with Crippen LogP contribution in [-0.2, 0) is 0 Å². The molecule has 0 bridgehead atoms. The summed E-state index contributed by atoms with van der Waals surface area (Å²) in [6.45, 7) is 8.66. The van der Waals surface area contributed by atoms with Gasteiger partial charge in [-0.2, -0.15) is 0 Å². The molecule has 92 valence electrons. The second kappa shape index (κ2) is 5.22. The van der Waals surface area contributed by atoms with Gasteiger partial charge in [-0.1, -0.05) is 48.5 Å². The van der Waals surface area contributed by atoms with Gasteiger partial charge in [0.25, 0.3) is 0 Å². The summed E-state index contributed by atoms with van der Waals surface area (Å²) in [5.41, 5.74) is 8.04. The molecule has 0 fully saturated rings. The highest BCUT2D eigenvalue weighted by molar-refractivity contribution is 5.82. The van der Waals surface area contributed by atoms with Gasteiger partial charge in [0.1, 0.15) is 0 Å². The smallest absolute Gasteiger partial charge is 0.0149 e. The minimum atomic E-state index is 1.33. The van der Waals surface area contributed by atoms with Crippen molar-refractivity contribution in [3.8, 4) is 0 Å². The molecule has 0 aliphatic heterocycles. The summed E-state index contributed by atoms with van der Waals surface area (Å²) >= 11 is 0. The molecule has 0 spiro atoms. The molecular weight excluding hydrogens is 216 g/mol. The van der Waals surface area contributed by atoms with Crippen LogP contribution >= 0.6 is 0 Å². The van der Waals surface area contributed by atoms with Crippen LogP contribution in [0.4, 0.5) is 0 Å². The predicted molar refractivity (Wildman–Crippen MR) is 79.8 cm³/mol. The lowest BCUT2D eigenvalue weighted by atomic mass is 9.90. The monoisotopic (exact) mass is 236 g/mol. The molecule has 0 heterocycles. The van der Waals surface area contributed by atoms with Gasteiger partial charge in [-0.25, -0.2) is 0 Å². The molecule has 2 rings (SSSR count). The van der Waals surface area contributed by atoms with E-state index in [1.165, 1.54) is 33.4 Å². The number of allylic oxidation sites excluding steroid dienone is 1. The molecule has 0 aliphatic carbocycles. The summed E-state index contributed by atoms with van der Waals surface area (Å²) in [4.78, 5) is 0. The van der Waals surface area contributed by atoms with E-state index in [1.54, 1.807) is 0 Å². The first kappa shape index (κ1) is 12.6. The summed E-state index contributed by atoms with van der Waals surface area (Å²) in [6, 6.07) is 15.1. The molecule has 0 aliphatic rings. The maximum absolute atomic E-state index is 2.21. The molecule has 0 N–H and O–H groups in total. The van der Waals surface area contributed by atoms with Gasteiger partial charge in [0.2, 0.25) is 0 Å². The maximum Gasteiger partial charge on any atom is -0.0149 e. The van der Waals surface area contributed by atoms with E-state index in [1.807, 2.05) is 0 Å². The molecule has 0 atom stereocenters. The van der Waals surface area contributed by atoms with Crippen molar-refractivity contribution >= 4 is 5.57 Å². The molecule has 0 heteroatoms. The third-order valence-electron chi connectivity index (χ3n) is 3.62. The summed E-state index contributed by atoms with van der Waals surface area (Å²) in [5, 5.41) is 0. The Kier molecular flexibility index (Phi) is 3.66.